The zero-order valence-electron chi connectivity index (χ0n) is 9.30. The summed E-state index contributed by atoms with van der Waals surface area (Å²) in [6, 6.07) is 9.10. The summed E-state index contributed by atoms with van der Waals surface area (Å²) in [6.07, 6.45) is 0. The molecule has 2 aromatic rings. The Hall–Kier alpha value is -2.10. The molecule has 0 fully saturated rings. The summed E-state index contributed by atoms with van der Waals surface area (Å²) >= 11 is 0. The van der Waals surface area contributed by atoms with E-state index in [1.165, 1.54) is 6.07 Å². The molecule has 88 valence electrons. The molecule has 17 heavy (non-hydrogen) atoms. The average Bonchev–Trinajstić information content (AvgIpc) is 2.28. The van der Waals surface area contributed by atoms with Crippen molar-refractivity contribution in [1.29, 1.82) is 0 Å². The van der Waals surface area contributed by atoms with Crippen LogP contribution in [0.1, 0.15) is 5.56 Å². The fourth-order valence-corrected chi connectivity index (χ4v) is 1.58. The fraction of sp³-hybridized carbons (Fsp3) is 0.0769. The second-order valence-corrected chi connectivity index (χ2v) is 3.79. The van der Waals surface area contributed by atoms with E-state index >= 15 is 0 Å². The maximum atomic E-state index is 13.0. The van der Waals surface area contributed by atoms with Crippen molar-refractivity contribution < 1.29 is 8.78 Å². The summed E-state index contributed by atoms with van der Waals surface area (Å²) in [4.78, 5) is 0. The van der Waals surface area contributed by atoms with Gasteiger partial charge in [-0.05, 0) is 30.7 Å². The van der Waals surface area contributed by atoms with E-state index in [0.717, 1.165) is 17.7 Å². The first-order valence-corrected chi connectivity index (χ1v) is 5.15. The molecule has 0 amide bonds. The lowest BCUT2D eigenvalue weighted by atomic mass is 10.1. The van der Waals surface area contributed by atoms with Crippen molar-refractivity contribution in [1.82, 2.24) is 0 Å². The number of rotatable bonds is 2. The van der Waals surface area contributed by atoms with Crippen molar-refractivity contribution in [2.45, 2.75) is 6.92 Å². The summed E-state index contributed by atoms with van der Waals surface area (Å²) in [5.41, 5.74) is 8.48. The van der Waals surface area contributed by atoms with Gasteiger partial charge >= 0.3 is 0 Å². The molecule has 0 atom stereocenters. The van der Waals surface area contributed by atoms with Gasteiger partial charge in [-0.1, -0.05) is 12.1 Å². The minimum atomic E-state index is -0.887. The van der Waals surface area contributed by atoms with Gasteiger partial charge in [-0.15, -0.1) is 0 Å². The van der Waals surface area contributed by atoms with Crippen molar-refractivity contribution in [3.63, 3.8) is 0 Å². The number of hydrogen-bond donors (Lipinski definition) is 2. The Kier molecular flexibility index (Phi) is 2.95. The molecule has 0 aliphatic carbocycles. The van der Waals surface area contributed by atoms with Crippen LogP contribution in [0.4, 0.5) is 25.8 Å². The van der Waals surface area contributed by atoms with Gasteiger partial charge in [0.1, 0.15) is 0 Å². The highest BCUT2D eigenvalue weighted by Crippen LogP contribution is 2.27. The van der Waals surface area contributed by atoms with Gasteiger partial charge in [0.25, 0.3) is 0 Å². The summed E-state index contributed by atoms with van der Waals surface area (Å²) in [5.74, 6) is -1.75. The van der Waals surface area contributed by atoms with Gasteiger partial charge in [0.05, 0.1) is 11.4 Å². The number of aryl methyl sites for hydroxylation is 1. The summed E-state index contributed by atoms with van der Waals surface area (Å²) in [7, 11) is 0. The van der Waals surface area contributed by atoms with Crippen LogP contribution >= 0.6 is 0 Å². The van der Waals surface area contributed by atoms with E-state index in [9.17, 15) is 8.78 Å². The van der Waals surface area contributed by atoms with Gasteiger partial charge < -0.3 is 11.1 Å². The molecule has 2 nitrogen and oxygen atoms in total. The largest absolute Gasteiger partial charge is 0.397 e. The second-order valence-electron chi connectivity index (χ2n) is 3.79. The molecule has 0 aliphatic heterocycles. The predicted molar refractivity (Wildman–Crippen MR) is 65.2 cm³/mol. The predicted octanol–water partition coefficient (Wildman–Crippen LogP) is 3.60. The van der Waals surface area contributed by atoms with Crippen LogP contribution in [0.2, 0.25) is 0 Å². The molecule has 2 aromatic carbocycles. The maximum Gasteiger partial charge on any atom is 0.160 e. The van der Waals surface area contributed by atoms with Crippen molar-refractivity contribution in [2.24, 2.45) is 0 Å². The topological polar surface area (TPSA) is 38.0 Å². The van der Waals surface area contributed by atoms with Crippen LogP contribution in [0, 0.1) is 18.6 Å². The van der Waals surface area contributed by atoms with Crippen molar-refractivity contribution in [2.75, 3.05) is 11.1 Å². The molecule has 0 heterocycles. The van der Waals surface area contributed by atoms with Crippen LogP contribution in [0.15, 0.2) is 36.4 Å². The Morgan fingerprint density at radius 3 is 2.47 bits per heavy atom. The van der Waals surface area contributed by atoms with E-state index in [4.69, 9.17) is 5.73 Å². The number of hydrogen-bond acceptors (Lipinski definition) is 2. The normalized spacial score (nSPS) is 10.3. The van der Waals surface area contributed by atoms with Crippen LogP contribution in [0.3, 0.4) is 0 Å². The second kappa shape index (κ2) is 4.41. The maximum absolute atomic E-state index is 13.0. The molecule has 0 saturated carbocycles. The number of benzene rings is 2. The Morgan fingerprint density at radius 2 is 1.82 bits per heavy atom. The van der Waals surface area contributed by atoms with Crippen LogP contribution in [-0.2, 0) is 0 Å². The quantitative estimate of drug-likeness (QED) is 0.779. The molecular formula is C13H12F2N2. The molecule has 0 unspecified atom stereocenters. The molecule has 2 rings (SSSR count). The van der Waals surface area contributed by atoms with Gasteiger partial charge in [0.2, 0.25) is 0 Å². The van der Waals surface area contributed by atoms with E-state index < -0.39 is 11.6 Å². The van der Waals surface area contributed by atoms with Crippen molar-refractivity contribution in [3.05, 3.63) is 53.6 Å². The van der Waals surface area contributed by atoms with Gasteiger partial charge in [-0.3, -0.25) is 0 Å². The number of halogens is 2. The molecule has 3 N–H and O–H groups in total. The molecular weight excluding hydrogens is 222 g/mol. The molecule has 0 radical (unpaired) electrons. The highest BCUT2D eigenvalue weighted by atomic mass is 19.2. The Bertz CT molecular complexity index is 533. The first kappa shape index (κ1) is 11.4. The van der Waals surface area contributed by atoms with Crippen LogP contribution in [0.25, 0.3) is 0 Å². The number of nitrogens with two attached hydrogens (primary N) is 1. The number of para-hydroxylation sites is 1. The third kappa shape index (κ3) is 2.36. The average molecular weight is 234 g/mol. The van der Waals surface area contributed by atoms with E-state index in [2.05, 4.69) is 5.32 Å². The number of nitrogens with one attached hydrogen (secondary N) is 1. The van der Waals surface area contributed by atoms with E-state index in [1.807, 2.05) is 19.1 Å². The van der Waals surface area contributed by atoms with Gasteiger partial charge in [-0.2, -0.15) is 0 Å². The molecule has 0 aliphatic rings. The zero-order valence-corrected chi connectivity index (χ0v) is 9.30. The SMILES string of the molecule is Cc1cccc(N)c1Nc1ccc(F)c(F)c1. The van der Waals surface area contributed by atoms with Crippen LogP contribution in [0.5, 0.6) is 0 Å². The fourth-order valence-electron chi connectivity index (χ4n) is 1.58. The highest BCUT2D eigenvalue weighted by molar-refractivity contribution is 5.75. The molecule has 0 saturated heterocycles. The molecule has 0 spiro atoms. The lowest BCUT2D eigenvalue weighted by Gasteiger charge is -2.12. The van der Waals surface area contributed by atoms with Crippen LogP contribution in [-0.4, -0.2) is 0 Å². The van der Waals surface area contributed by atoms with Crippen molar-refractivity contribution in [3.8, 4) is 0 Å². The summed E-state index contributed by atoms with van der Waals surface area (Å²) < 4.78 is 25.8. The number of nitrogen functional groups attached to an aromatic ring is 1. The Labute approximate surface area is 98.1 Å². The van der Waals surface area contributed by atoms with Gasteiger partial charge in [-0.25, -0.2) is 8.78 Å². The Morgan fingerprint density at radius 1 is 1.06 bits per heavy atom. The van der Waals surface area contributed by atoms with Crippen molar-refractivity contribution >= 4 is 17.1 Å². The molecule has 4 heteroatoms. The Balaban J connectivity index is 2.35. The summed E-state index contributed by atoms with van der Waals surface area (Å²) in [6.45, 7) is 1.89. The molecule has 0 bridgehead atoms. The third-order valence-corrected chi connectivity index (χ3v) is 2.49. The minimum absolute atomic E-state index is 0.463. The third-order valence-electron chi connectivity index (χ3n) is 2.49. The van der Waals surface area contributed by atoms with Gasteiger partial charge in [0, 0.05) is 11.8 Å². The van der Waals surface area contributed by atoms with Gasteiger partial charge in [0.15, 0.2) is 11.6 Å². The highest BCUT2D eigenvalue weighted by Gasteiger charge is 2.06. The zero-order chi connectivity index (χ0) is 12.4. The lowest BCUT2D eigenvalue weighted by Crippen LogP contribution is -1.99. The minimum Gasteiger partial charge on any atom is -0.397 e. The van der Waals surface area contributed by atoms with E-state index in [1.54, 1.807) is 6.07 Å². The van der Waals surface area contributed by atoms with Crippen LogP contribution < -0.4 is 11.1 Å². The molecule has 0 aromatic heterocycles. The standard InChI is InChI=1S/C13H12F2N2/c1-8-3-2-4-12(16)13(8)17-9-5-6-10(14)11(15)7-9/h2-7,17H,16H2,1H3. The van der Waals surface area contributed by atoms with E-state index in [0.29, 0.717) is 17.1 Å². The smallest absolute Gasteiger partial charge is 0.160 e. The monoisotopic (exact) mass is 234 g/mol. The van der Waals surface area contributed by atoms with E-state index in [-0.39, 0.29) is 0 Å². The number of anilines is 3. The first-order chi connectivity index (χ1) is 8.08. The summed E-state index contributed by atoms with van der Waals surface area (Å²) in [5, 5.41) is 2.98. The first-order valence-electron chi connectivity index (χ1n) is 5.15. The lowest BCUT2D eigenvalue weighted by molar-refractivity contribution is 0.509.